The van der Waals surface area contributed by atoms with Crippen molar-refractivity contribution in [2.75, 3.05) is 11.1 Å². The lowest BCUT2D eigenvalue weighted by atomic mass is 10.2. The first-order chi connectivity index (χ1) is 8.08. The molecule has 0 bridgehead atoms. The first-order valence-corrected chi connectivity index (χ1v) is 5.62. The second kappa shape index (κ2) is 4.77. The molecule has 0 aliphatic rings. The topological polar surface area (TPSA) is 63.8 Å². The zero-order valence-electron chi connectivity index (χ0n) is 9.04. The fourth-order valence-electron chi connectivity index (χ4n) is 1.28. The number of anilines is 3. The Morgan fingerprint density at radius 1 is 1.24 bits per heavy atom. The summed E-state index contributed by atoms with van der Waals surface area (Å²) in [6.07, 6.45) is 1.35. The summed E-state index contributed by atoms with van der Waals surface area (Å²) in [6.45, 7) is 1.93. The molecule has 0 fully saturated rings. The van der Waals surface area contributed by atoms with Crippen LogP contribution in [0.4, 0.5) is 17.3 Å². The van der Waals surface area contributed by atoms with Gasteiger partial charge in [-0.2, -0.15) is 0 Å². The number of halogens is 2. The highest BCUT2D eigenvalue weighted by Gasteiger charge is 2.07. The number of rotatable bonds is 2. The van der Waals surface area contributed by atoms with Crippen LogP contribution in [0.5, 0.6) is 0 Å². The van der Waals surface area contributed by atoms with Crippen molar-refractivity contribution in [1.82, 2.24) is 9.97 Å². The molecule has 0 saturated carbocycles. The van der Waals surface area contributed by atoms with Crippen LogP contribution < -0.4 is 11.1 Å². The molecule has 6 heteroatoms. The molecule has 2 aromatic rings. The van der Waals surface area contributed by atoms with Gasteiger partial charge in [-0.05, 0) is 24.6 Å². The molecule has 0 aliphatic carbocycles. The largest absolute Gasteiger partial charge is 0.382 e. The van der Waals surface area contributed by atoms with Crippen molar-refractivity contribution in [2.24, 2.45) is 0 Å². The third-order valence-electron chi connectivity index (χ3n) is 2.25. The van der Waals surface area contributed by atoms with Crippen LogP contribution >= 0.6 is 23.2 Å². The second-order valence-electron chi connectivity index (χ2n) is 3.51. The fraction of sp³-hybridized carbons (Fsp3) is 0.0909. The normalized spacial score (nSPS) is 10.3. The smallest absolute Gasteiger partial charge is 0.154 e. The van der Waals surface area contributed by atoms with Crippen LogP contribution in [0.1, 0.15) is 5.56 Å². The Hall–Kier alpha value is -1.52. The minimum atomic E-state index is 0.238. The van der Waals surface area contributed by atoms with E-state index in [4.69, 9.17) is 28.9 Å². The van der Waals surface area contributed by atoms with Crippen molar-refractivity contribution in [2.45, 2.75) is 6.92 Å². The number of hydrogen-bond donors (Lipinski definition) is 2. The van der Waals surface area contributed by atoms with Crippen LogP contribution in [0.25, 0.3) is 0 Å². The molecule has 3 N–H and O–H groups in total. The molecule has 0 radical (unpaired) electrons. The highest BCUT2D eigenvalue weighted by atomic mass is 35.5. The van der Waals surface area contributed by atoms with Crippen molar-refractivity contribution < 1.29 is 0 Å². The van der Waals surface area contributed by atoms with Gasteiger partial charge in [0.1, 0.15) is 17.2 Å². The predicted molar refractivity (Wildman–Crippen MR) is 70.9 cm³/mol. The lowest BCUT2D eigenvalue weighted by molar-refractivity contribution is 1.18. The molecule has 0 amide bonds. The quantitative estimate of drug-likeness (QED) is 0.876. The number of nitrogens with one attached hydrogen (secondary N) is 1. The van der Waals surface area contributed by atoms with Crippen LogP contribution in [0.3, 0.4) is 0 Å². The molecular formula is C11H10Cl2N4. The maximum absolute atomic E-state index is 6.02. The summed E-state index contributed by atoms with van der Waals surface area (Å²) >= 11 is 12.0. The Morgan fingerprint density at radius 3 is 2.71 bits per heavy atom. The van der Waals surface area contributed by atoms with E-state index in [0.717, 1.165) is 11.3 Å². The molecule has 1 aromatic carbocycles. The van der Waals surface area contributed by atoms with E-state index in [1.54, 1.807) is 6.07 Å². The first kappa shape index (κ1) is 12.0. The molecule has 0 spiro atoms. The molecule has 2 rings (SSSR count). The number of nitrogen functional groups attached to an aromatic ring is 1. The maximum atomic E-state index is 6.02. The summed E-state index contributed by atoms with van der Waals surface area (Å²) in [7, 11) is 0. The summed E-state index contributed by atoms with van der Waals surface area (Å²) < 4.78 is 0. The molecule has 1 heterocycles. The highest BCUT2D eigenvalue weighted by molar-refractivity contribution is 6.35. The third kappa shape index (κ3) is 2.60. The van der Waals surface area contributed by atoms with E-state index in [0.29, 0.717) is 15.9 Å². The Labute approximate surface area is 109 Å². The van der Waals surface area contributed by atoms with Crippen LogP contribution in [0.2, 0.25) is 10.0 Å². The van der Waals surface area contributed by atoms with Crippen molar-refractivity contribution in [3.8, 4) is 0 Å². The van der Waals surface area contributed by atoms with Gasteiger partial charge < -0.3 is 11.1 Å². The lowest BCUT2D eigenvalue weighted by Gasteiger charge is -2.09. The van der Waals surface area contributed by atoms with Crippen LogP contribution in [0.15, 0.2) is 24.5 Å². The molecule has 0 atom stereocenters. The van der Waals surface area contributed by atoms with E-state index in [1.165, 1.54) is 6.33 Å². The van der Waals surface area contributed by atoms with Gasteiger partial charge in [0.05, 0.1) is 0 Å². The molecule has 0 saturated heterocycles. The summed E-state index contributed by atoms with van der Waals surface area (Å²) in [5.74, 6) is 0.696. The van der Waals surface area contributed by atoms with E-state index in [1.807, 2.05) is 19.1 Å². The predicted octanol–water partition coefficient (Wildman–Crippen LogP) is 3.42. The molecule has 0 unspecified atom stereocenters. The van der Waals surface area contributed by atoms with Gasteiger partial charge in [-0.1, -0.05) is 29.3 Å². The number of hydrogen-bond acceptors (Lipinski definition) is 4. The van der Waals surface area contributed by atoms with Gasteiger partial charge in [0, 0.05) is 10.7 Å². The Bertz CT molecular complexity index is 557. The Balaban J connectivity index is 2.31. The molecular weight excluding hydrogens is 259 g/mol. The molecule has 1 aromatic heterocycles. The Kier molecular flexibility index (Phi) is 3.36. The number of nitrogens with zero attached hydrogens (tertiary/aromatic N) is 2. The van der Waals surface area contributed by atoms with Crippen molar-refractivity contribution in [1.29, 1.82) is 0 Å². The lowest BCUT2D eigenvalue weighted by Crippen LogP contribution is -1.99. The minimum Gasteiger partial charge on any atom is -0.382 e. The number of nitrogens with two attached hydrogens (primary N) is 1. The van der Waals surface area contributed by atoms with Crippen molar-refractivity contribution in [3.05, 3.63) is 40.1 Å². The van der Waals surface area contributed by atoms with E-state index in [9.17, 15) is 0 Å². The first-order valence-electron chi connectivity index (χ1n) is 4.87. The van der Waals surface area contributed by atoms with Crippen molar-refractivity contribution >= 4 is 40.5 Å². The number of aromatic nitrogens is 2. The van der Waals surface area contributed by atoms with Gasteiger partial charge in [0.25, 0.3) is 0 Å². The fourth-order valence-corrected chi connectivity index (χ4v) is 1.60. The van der Waals surface area contributed by atoms with Gasteiger partial charge in [-0.3, -0.25) is 0 Å². The van der Waals surface area contributed by atoms with Crippen molar-refractivity contribution in [3.63, 3.8) is 0 Å². The van der Waals surface area contributed by atoms with Crippen LogP contribution in [0, 0.1) is 6.92 Å². The van der Waals surface area contributed by atoms with Crippen LogP contribution in [-0.2, 0) is 0 Å². The maximum Gasteiger partial charge on any atom is 0.154 e. The number of aryl methyl sites for hydroxylation is 1. The van der Waals surface area contributed by atoms with Gasteiger partial charge >= 0.3 is 0 Å². The third-order valence-corrected chi connectivity index (χ3v) is 3.03. The van der Waals surface area contributed by atoms with Gasteiger partial charge in [0.15, 0.2) is 5.82 Å². The van der Waals surface area contributed by atoms with Gasteiger partial charge in [-0.15, -0.1) is 0 Å². The number of benzene rings is 1. The zero-order valence-corrected chi connectivity index (χ0v) is 10.5. The van der Waals surface area contributed by atoms with E-state index < -0.39 is 0 Å². The van der Waals surface area contributed by atoms with E-state index in [-0.39, 0.29) is 5.82 Å². The zero-order chi connectivity index (χ0) is 12.4. The minimum absolute atomic E-state index is 0.238. The average Bonchev–Trinajstić information content (AvgIpc) is 2.30. The summed E-state index contributed by atoms with van der Waals surface area (Å²) in [5, 5.41) is 4.00. The average molecular weight is 269 g/mol. The van der Waals surface area contributed by atoms with Gasteiger partial charge in [-0.25, -0.2) is 9.97 Å². The standard InChI is InChI=1S/C11H10Cl2N4/c1-6-2-3-7(4-8(6)12)17-11-9(13)10(14)15-5-16-11/h2-5H,1H3,(H3,14,15,16,17). The molecule has 0 aliphatic heterocycles. The molecule has 17 heavy (non-hydrogen) atoms. The van der Waals surface area contributed by atoms with Crippen LogP contribution in [-0.4, -0.2) is 9.97 Å². The molecule has 4 nitrogen and oxygen atoms in total. The van der Waals surface area contributed by atoms with E-state index in [2.05, 4.69) is 15.3 Å². The van der Waals surface area contributed by atoms with Gasteiger partial charge in [0.2, 0.25) is 0 Å². The second-order valence-corrected chi connectivity index (χ2v) is 4.30. The summed E-state index contributed by atoms with van der Waals surface area (Å²) in [4.78, 5) is 7.79. The summed E-state index contributed by atoms with van der Waals surface area (Å²) in [6, 6.07) is 5.59. The monoisotopic (exact) mass is 268 g/mol. The highest BCUT2D eigenvalue weighted by Crippen LogP contribution is 2.28. The SMILES string of the molecule is Cc1ccc(Nc2ncnc(N)c2Cl)cc1Cl. The molecule has 88 valence electrons. The van der Waals surface area contributed by atoms with E-state index >= 15 is 0 Å². The summed E-state index contributed by atoms with van der Waals surface area (Å²) in [5.41, 5.74) is 7.38. The Morgan fingerprint density at radius 2 is 2.00 bits per heavy atom.